The second-order valence-electron chi connectivity index (χ2n) is 7.78. The Bertz CT molecular complexity index is 1060. The Morgan fingerprint density at radius 2 is 1.90 bits per heavy atom. The van der Waals surface area contributed by atoms with Crippen LogP contribution < -0.4 is 5.32 Å². The van der Waals surface area contributed by atoms with Crippen molar-refractivity contribution < 1.29 is 9.59 Å². The molecular formula is C23H25N5O2. The molecule has 0 saturated carbocycles. The summed E-state index contributed by atoms with van der Waals surface area (Å²) >= 11 is 0. The molecule has 7 heteroatoms. The lowest BCUT2D eigenvalue weighted by molar-refractivity contribution is -0.121. The fraction of sp³-hybridized carbons (Fsp3) is 0.304. The van der Waals surface area contributed by atoms with Crippen LogP contribution in [-0.2, 0) is 4.79 Å². The van der Waals surface area contributed by atoms with E-state index in [-0.39, 0.29) is 17.7 Å². The molecule has 1 aliphatic rings. The van der Waals surface area contributed by atoms with Gasteiger partial charge in [-0.25, -0.2) is 0 Å². The molecule has 1 atom stereocenters. The summed E-state index contributed by atoms with van der Waals surface area (Å²) in [4.78, 5) is 31.5. The number of pyridine rings is 1. The zero-order chi connectivity index (χ0) is 21.1. The Labute approximate surface area is 175 Å². The number of piperidine rings is 1. The average Bonchev–Trinajstić information content (AvgIpc) is 3.27. The van der Waals surface area contributed by atoms with E-state index in [2.05, 4.69) is 20.5 Å². The fourth-order valence-corrected chi connectivity index (χ4v) is 3.71. The van der Waals surface area contributed by atoms with Crippen molar-refractivity contribution in [3.63, 3.8) is 0 Å². The molecule has 1 fully saturated rings. The predicted octanol–water partition coefficient (Wildman–Crippen LogP) is 3.58. The summed E-state index contributed by atoms with van der Waals surface area (Å²) in [6.45, 7) is 5.10. The molecular weight excluding hydrogens is 378 g/mol. The van der Waals surface area contributed by atoms with Crippen LogP contribution in [0.1, 0.15) is 34.5 Å². The van der Waals surface area contributed by atoms with Gasteiger partial charge in [0.25, 0.3) is 5.91 Å². The molecule has 1 saturated heterocycles. The van der Waals surface area contributed by atoms with Crippen molar-refractivity contribution in [1.29, 1.82) is 0 Å². The van der Waals surface area contributed by atoms with Crippen molar-refractivity contribution in [2.45, 2.75) is 26.7 Å². The standard InChI is InChI=1S/C23H25N5O2/c1-15-5-6-19(12-16(15)2)25-22(29)18-4-3-11-28(14-18)23(30)21-13-20(26-27-21)17-7-9-24-10-8-17/h5-10,12-13,18H,3-4,11,14H2,1-2H3,(H,25,29)(H,26,27). The van der Waals surface area contributed by atoms with Gasteiger partial charge >= 0.3 is 0 Å². The Kier molecular flexibility index (Phi) is 5.61. The molecule has 0 radical (unpaired) electrons. The van der Waals surface area contributed by atoms with Crippen LogP contribution in [0.4, 0.5) is 5.69 Å². The first-order valence-corrected chi connectivity index (χ1v) is 10.1. The van der Waals surface area contributed by atoms with Crippen LogP contribution in [-0.4, -0.2) is 45.0 Å². The van der Waals surface area contributed by atoms with Gasteiger partial charge in [-0.1, -0.05) is 6.07 Å². The van der Waals surface area contributed by atoms with Crippen LogP contribution in [0.25, 0.3) is 11.3 Å². The summed E-state index contributed by atoms with van der Waals surface area (Å²) < 4.78 is 0. The van der Waals surface area contributed by atoms with Crippen LogP contribution in [0.2, 0.25) is 0 Å². The summed E-state index contributed by atoms with van der Waals surface area (Å²) in [5.74, 6) is -0.406. The van der Waals surface area contributed by atoms with E-state index >= 15 is 0 Å². The summed E-state index contributed by atoms with van der Waals surface area (Å²) in [7, 11) is 0. The lowest BCUT2D eigenvalue weighted by atomic mass is 9.96. The van der Waals surface area contributed by atoms with Gasteiger partial charge in [-0.3, -0.25) is 19.7 Å². The van der Waals surface area contributed by atoms with E-state index in [1.54, 1.807) is 23.4 Å². The van der Waals surface area contributed by atoms with Gasteiger partial charge in [0.1, 0.15) is 5.69 Å². The molecule has 3 heterocycles. The largest absolute Gasteiger partial charge is 0.337 e. The maximum Gasteiger partial charge on any atom is 0.271 e. The number of hydrogen-bond acceptors (Lipinski definition) is 4. The van der Waals surface area contributed by atoms with Crippen molar-refractivity contribution in [3.8, 4) is 11.3 Å². The van der Waals surface area contributed by atoms with E-state index in [1.165, 1.54) is 5.56 Å². The fourth-order valence-electron chi connectivity index (χ4n) is 3.71. The van der Waals surface area contributed by atoms with Crippen LogP contribution in [0.15, 0.2) is 48.8 Å². The highest BCUT2D eigenvalue weighted by Gasteiger charge is 2.29. The SMILES string of the molecule is Cc1ccc(NC(=O)C2CCCN(C(=O)c3cc(-c4ccncc4)n[nH]3)C2)cc1C. The predicted molar refractivity (Wildman–Crippen MR) is 115 cm³/mol. The second-order valence-corrected chi connectivity index (χ2v) is 7.78. The Hall–Kier alpha value is -3.48. The molecule has 2 N–H and O–H groups in total. The molecule has 0 aliphatic carbocycles. The first-order valence-electron chi connectivity index (χ1n) is 10.1. The van der Waals surface area contributed by atoms with Gasteiger partial charge in [-0.15, -0.1) is 0 Å². The number of likely N-dealkylation sites (tertiary alicyclic amines) is 1. The average molecular weight is 403 g/mol. The number of H-pyrrole nitrogens is 1. The molecule has 154 valence electrons. The molecule has 7 nitrogen and oxygen atoms in total. The molecule has 3 aromatic rings. The minimum Gasteiger partial charge on any atom is -0.337 e. The highest BCUT2D eigenvalue weighted by atomic mass is 16.2. The molecule has 30 heavy (non-hydrogen) atoms. The number of aromatic nitrogens is 3. The quantitative estimate of drug-likeness (QED) is 0.697. The number of nitrogens with one attached hydrogen (secondary N) is 2. The number of hydrogen-bond donors (Lipinski definition) is 2. The molecule has 4 rings (SSSR count). The van der Waals surface area contributed by atoms with Gasteiger partial charge in [0.05, 0.1) is 11.6 Å². The Morgan fingerprint density at radius 3 is 2.67 bits per heavy atom. The van der Waals surface area contributed by atoms with Gasteiger partial charge in [0.2, 0.25) is 5.91 Å². The van der Waals surface area contributed by atoms with Crippen molar-refractivity contribution in [1.82, 2.24) is 20.1 Å². The molecule has 1 aromatic carbocycles. The van der Waals surface area contributed by atoms with Crippen molar-refractivity contribution in [2.75, 3.05) is 18.4 Å². The zero-order valence-corrected chi connectivity index (χ0v) is 17.2. The number of aromatic amines is 1. The number of benzene rings is 1. The zero-order valence-electron chi connectivity index (χ0n) is 17.2. The number of aryl methyl sites for hydroxylation is 2. The Morgan fingerprint density at radius 1 is 1.10 bits per heavy atom. The van der Waals surface area contributed by atoms with E-state index < -0.39 is 0 Å². The van der Waals surface area contributed by atoms with E-state index in [9.17, 15) is 9.59 Å². The number of amides is 2. The summed E-state index contributed by atoms with van der Waals surface area (Å²) in [6.07, 6.45) is 4.94. The molecule has 2 amide bonds. The van der Waals surface area contributed by atoms with Crippen LogP contribution in [0, 0.1) is 19.8 Å². The van der Waals surface area contributed by atoms with Crippen LogP contribution in [0.3, 0.4) is 0 Å². The number of anilines is 1. The molecule has 1 unspecified atom stereocenters. The molecule has 0 spiro atoms. The third-order valence-corrected chi connectivity index (χ3v) is 5.64. The van der Waals surface area contributed by atoms with Gasteiger partial charge in [-0.05, 0) is 68.1 Å². The maximum absolute atomic E-state index is 13.0. The van der Waals surface area contributed by atoms with Gasteiger partial charge < -0.3 is 10.2 Å². The first kappa shape index (κ1) is 19.8. The third kappa shape index (κ3) is 4.25. The van der Waals surface area contributed by atoms with E-state index in [0.717, 1.165) is 29.7 Å². The molecule has 1 aliphatic heterocycles. The summed E-state index contributed by atoms with van der Waals surface area (Å²) in [5.41, 5.74) is 5.14. The van der Waals surface area contributed by atoms with E-state index in [4.69, 9.17) is 0 Å². The van der Waals surface area contributed by atoms with Crippen molar-refractivity contribution in [2.24, 2.45) is 5.92 Å². The van der Waals surface area contributed by atoms with Crippen molar-refractivity contribution in [3.05, 3.63) is 65.6 Å². The lowest BCUT2D eigenvalue weighted by Crippen LogP contribution is -2.43. The van der Waals surface area contributed by atoms with E-state index in [1.807, 2.05) is 44.2 Å². The number of rotatable bonds is 4. The Balaban J connectivity index is 1.42. The van der Waals surface area contributed by atoms with Crippen LogP contribution in [0.5, 0.6) is 0 Å². The van der Waals surface area contributed by atoms with E-state index in [0.29, 0.717) is 24.5 Å². The summed E-state index contributed by atoms with van der Waals surface area (Å²) in [6, 6.07) is 11.3. The number of nitrogens with zero attached hydrogens (tertiary/aromatic N) is 3. The lowest BCUT2D eigenvalue weighted by Gasteiger charge is -2.31. The normalized spacial score (nSPS) is 16.3. The minimum absolute atomic E-state index is 0.0437. The third-order valence-electron chi connectivity index (χ3n) is 5.64. The second kappa shape index (κ2) is 8.49. The smallest absolute Gasteiger partial charge is 0.271 e. The van der Waals surface area contributed by atoms with Crippen molar-refractivity contribution >= 4 is 17.5 Å². The highest BCUT2D eigenvalue weighted by molar-refractivity contribution is 5.96. The first-order chi connectivity index (χ1) is 14.5. The van der Waals surface area contributed by atoms with Gasteiger partial charge in [0, 0.05) is 36.7 Å². The number of carbonyl (C=O) groups is 2. The topological polar surface area (TPSA) is 91.0 Å². The van der Waals surface area contributed by atoms with Gasteiger partial charge in [0.15, 0.2) is 0 Å². The highest BCUT2D eigenvalue weighted by Crippen LogP contribution is 2.23. The maximum atomic E-state index is 13.0. The molecule has 2 aromatic heterocycles. The van der Waals surface area contributed by atoms with Crippen LogP contribution >= 0.6 is 0 Å². The summed E-state index contributed by atoms with van der Waals surface area (Å²) in [5, 5.41) is 10.1. The van der Waals surface area contributed by atoms with Gasteiger partial charge in [-0.2, -0.15) is 5.10 Å². The monoisotopic (exact) mass is 403 g/mol. The number of carbonyl (C=O) groups excluding carboxylic acids is 2. The minimum atomic E-state index is -0.230. The molecule has 0 bridgehead atoms.